The van der Waals surface area contributed by atoms with E-state index in [9.17, 15) is 9.59 Å². The molecule has 2 aliphatic heterocycles. The average Bonchev–Trinajstić information content (AvgIpc) is 2.86. The smallest absolute Gasteiger partial charge is 0.248 e. The van der Waals surface area contributed by atoms with E-state index in [0.29, 0.717) is 6.42 Å². The molecule has 3 atom stereocenters. The SMILES string of the molecule is CCC1(C)NC(=O)CN(C(C)C2CCCO2)C1=O. The summed E-state index contributed by atoms with van der Waals surface area (Å²) < 4.78 is 5.63. The molecule has 2 saturated heterocycles. The molecule has 1 N–H and O–H groups in total. The van der Waals surface area contributed by atoms with E-state index in [0.717, 1.165) is 19.4 Å². The second-order valence-electron chi connectivity index (χ2n) is 5.46. The maximum Gasteiger partial charge on any atom is 0.248 e. The second kappa shape index (κ2) is 4.88. The number of carbonyl (C=O) groups excluding carboxylic acids is 2. The van der Waals surface area contributed by atoms with Crippen molar-refractivity contribution >= 4 is 11.8 Å². The normalized spacial score (nSPS) is 34.6. The average molecular weight is 254 g/mol. The van der Waals surface area contributed by atoms with Gasteiger partial charge in [0, 0.05) is 6.61 Å². The second-order valence-corrected chi connectivity index (χ2v) is 5.46. The zero-order chi connectivity index (χ0) is 13.3. The Morgan fingerprint density at radius 1 is 1.56 bits per heavy atom. The van der Waals surface area contributed by atoms with Crippen molar-refractivity contribution in [1.29, 1.82) is 0 Å². The monoisotopic (exact) mass is 254 g/mol. The van der Waals surface area contributed by atoms with E-state index in [2.05, 4.69) is 5.32 Å². The van der Waals surface area contributed by atoms with Gasteiger partial charge in [0.05, 0.1) is 12.1 Å². The van der Waals surface area contributed by atoms with Gasteiger partial charge in [-0.2, -0.15) is 0 Å². The van der Waals surface area contributed by atoms with Crippen molar-refractivity contribution in [2.45, 2.75) is 57.7 Å². The first kappa shape index (κ1) is 13.3. The number of hydrogen-bond donors (Lipinski definition) is 1. The van der Waals surface area contributed by atoms with Crippen LogP contribution in [0.3, 0.4) is 0 Å². The van der Waals surface area contributed by atoms with Gasteiger partial charge in [-0.25, -0.2) is 0 Å². The van der Waals surface area contributed by atoms with Gasteiger partial charge in [0.15, 0.2) is 0 Å². The van der Waals surface area contributed by atoms with Crippen LogP contribution in [0.15, 0.2) is 0 Å². The van der Waals surface area contributed by atoms with Crippen LogP contribution in [0.2, 0.25) is 0 Å². The van der Waals surface area contributed by atoms with Crippen LogP contribution in [0, 0.1) is 0 Å². The van der Waals surface area contributed by atoms with Gasteiger partial charge in [-0.3, -0.25) is 9.59 Å². The highest BCUT2D eigenvalue weighted by atomic mass is 16.5. The minimum atomic E-state index is -0.762. The van der Waals surface area contributed by atoms with E-state index in [1.54, 1.807) is 11.8 Å². The largest absolute Gasteiger partial charge is 0.376 e. The van der Waals surface area contributed by atoms with Gasteiger partial charge in [-0.1, -0.05) is 6.92 Å². The fourth-order valence-corrected chi connectivity index (χ4v) is 2.70. The molecule has 0 radical (unpaired) electrons. The van der Waals surface area contributed by atoms with E-state index < -0.39 is 5.54 Å². The molecule has 3 unspecified atom stereocenters. The highest BCUT2D eigenvalue weighted by Crippen LogP contribution is 2.25. The highest BCUT2D eigenvalue weighted by Gasteiger charge is 2.44. The van der Waals surface area contributed by atoms with Crippen molar-refractivity contribution in [3.63, 3.8) is 0 Å². The summed E-state index contributed by atoms with van der Waals surface area (Å²) in [6, 6.07) is -0.0306. The van der Waals surface area contributed by atoms with Crippen LogP contribution in [0.4, 0.5) is 0 Å². The Kier molecular flexibility index (Phi) is 3.61. The van der Waals surface area contributed by atoms with Crippen molar-refractivity contribution < 1.29 is 14.3 Å². The lowest BCUT2D eigenvalue weighted by molar-refractivity contribution is -0.154. The van der Waals surface area contributed by atoms with Crippen molar-refractivity contribution in [1.82, 2.24) is 10.2 Å². The number of rotatable bonds is 3. The molecule has 0 bridgehead atoms. The first-order chi connectivity index (χ1) is 8.48. The van der Waals surface area contributed by atoms with E-state index in [4.69, 9.17) is 4.74 Å². The third-order valence-electron chi connectivity index (χ3n) is 4.16. The predicted molar refractivity (Wildman–Crippen MR) is 67.0 cm³/mol. The number of piperazine rings is 1. The Morgan fingerprint density at radius 2 is 2.28 bits per heavy atom. The molecule has 0 spiro atoms. The van der Waals surface area contributed by atoms with Crippen LogP contribution in [0.1, 0.15) is 40.0 Å². The standard InChI is InChI=1S/C13H22N2O3/c1-4-13(3)12(17)15(8-11(16)14-13)9(2)10-6-5-7-18-10/h9-10H,4-8H2,1-3H3,(H,14,16). The number of ether oxygens (including phenoxy) is 1. The number of nitrogens with one attached hydrogen (secondary N) is 1. The maximum atomic E-state index is 12.5. The van der Waals surface area contributed by atoms with Crippen LogP contribution in [0.25, 0.3) is 0 Å². The van der Waals surface area contributed by atoms with Crippen LogP contribution < -0.4 is 5.32 Å². The molecule has 0 saturated carbocycles. The van der Waals surface area contributed by atoms with E-state index in [1.165, 1.54) is 0 Å². The summed E-state index contributed by atoms with van der Waals surface area (Å²) in [6.45, 7) is 6.59. The Hall–Kier alpha value is -1.10. The summed E-state index contributed by atoms with van der Waals surface area (Å²) in [6.07, 6.45) is 2.68. The molecule has 0 aliphatic carbocycles. The van der Waals surface area contributed by atoms with Crippen molar-refractivity contribution in [3.05, 3.63) is 0 Å². The molecule has 2 fully saturated rings. The zero-order valence-electron chi connectivity index (χ0n) is 11.4. The Morgan fingerprint density at radius 3 is 2.83 bits per heavy atom. The first-order valence-corrected chi connectivity index (χ1v) is 6.71. The first-order valence-electron chi connectivity index (χ1n) is 6.71. The molecule has 0 aromatic carbocycles. The molecule has 5 heteroatoms. The lowest BCUT2D eigenvalue weighted by atomic mass is 9.92. The maximum absolute atomic E-state index is 12.5. The summed E-state index contributed by atoms with van der Waals surface area (Å²) in [4.78, 5) is 25.9. The van der Waals surface area contributed by atoms with Crippen LogP contribution >= 0.6 is 0 Å². The fourth-order valence-electron chi connectivity index (χ4n) is 2.70. The third kappa shape index (κ3) is 2.23. The minimum Gasteiger partial charge on any atom is -0.376 e. The summed E-state index contributed by atoms with van der Waals surface area (Å²) in [5, 5.41) is 2.80. The molecule has 2 rings (SSSR count). The number of hydrogen-bond acceptors (Lipinski definition) is 3. The lowest BCUT2D eigenvalue weighted by Crippen LogP contribution is -2.67. The molecule has 2 amide bonds. The minimum absolute atomic E-state index is 0.00704. The molecule has 5 nitrogen and oxygen atoms in total. The van der Waals surface area contributed by atoms with Crippen LogP contribution in [0.5, 0.6) is 0 Å². The number of nitrogens with zero attached hydrogens (tertiary/aromatic N) is 1. The van der Waals surface area contributed by atoms with Crippen molar-refractivity contribution in [2.75, 3.05) is 13.2 Å². The Bertz CT molecular complexity index is 352. The molecule has 0 aromatic rings. The molecular formula is C13H22N2O3. The van der Waals surface area contributed by atoms with Crippen LogP contribution in [-0.4, -0.2) is 47.6 Å². The van der Waals surface area contributed by atoms with E-state index in [1.807, 2.05) is 13.8 Å². The number of carbonyl (C=O) groups is 2. The lowest BCUT2D eigenvalue weighted by Gasteiger charge is -2.43. The molecule has 2 heterocycles. The van der Waals surface area contributed by atoms with Gasteiger partial charge in [-0.05, 0) is 33.1 Å². The summed E-state index contributed by atoms with van der Waals surface area (Å²) in [5.74, 6) is -0.0728. The topological polar surface area (TPSA) is 58.6 Å². The van der Waals surface area contributed by atoms with Gasteiger partial charge >= 0.3 is 0 Å². The Balaban J connectivity index is 2.15. The Labute approximate surface area is 108 Å². The number of amides is 2. The zero-order valence-corrected chi connectivity index (χ0v) is 11.4. The van der Waals surface area contributed by atoms with Gasteiger partial charge in [-0.15, -0.1) is 0 Å². The molecule has 18 heavy (non-hydrogen) atoms. The summed E-state index contributed by atoms with van der Waals surface area (Å²) in [7, 11) is 0. The van der Waals surface area contributed by atoms with E-state index in [-0.39, 0.29) is 30.5 Å². The molecule has 2 aliphatic rings. The van der Waals surface area contributed by atoms with Gasteiger partial charge in [0.2, 0.25) is 11.8 Å². The fraction of sp³-hybridized carbons (Fsp3) is 0.846. The molecule has 102 valence electrons. The van der Waals surface area contributed by atoms with Crippen molar-refractivity contribution in [3.8, 4) is 0 Å². The van der Waals surface area contributed by atoms with Crippen molar-refractivity contribution in [2.24, 2.45) is 0 Å². The molecular weight excluding hydrogens is 232 g/mol. The third-order valence-corrected chi connectivity index (χ3v) is 4.16. The quantitative estimate of drug-likeness (QED) is 0.806. The highest BCUT2D eigenvalue weighted by molar-refractivity contribution is 5.97. The van der Waals surface area contributed by atoms with E-state index >= 15 is 0 Å². The van der Waals surface area contributed by atoms with Gasteiger partial charge in [0.1, 0.15) is 12.1 Å². The predicted octanol–water partition coefficient (Wildman–Crippen LogP) is 0.681. The summed E-state index contributed by atoms with van der Waals surface area (Å²) in [5.41, 5.74) is -0.762. The summed E-state index contributed by atoms with van der Waals surface area (Å²) >= 11 is 0. The van der Waals surface area contributed by atoms with Crippen LogP contribution in [-0.2, 0) is 14.3 Å². The van der Waals surface area contributed by atoms with Gasteiger partial charge < -0.3 is 15.0 Å². The molecule has 0 aromatic heterocycles. The van der Waals surface area contributed by atoms with Gasteiger partial charge in [0.25, 0.3) is 0 Å².